The molecule has 1 aliphatic rings. The van der Waals surface area contributed by atoms with Crippen molar-refractivity contribution in [1.82, 2.24) is 4.98 Å². The largest absolute Gasteiger partial charge is 0.497 e. The fourth-order valence-electron chi connectivity index (χ4n) is 5.25. The molecule has 0 spiro atoms. The number of benzene rings is 5. The van der Waals surface area contributed by atoms with Gasteiger partial charge in [-0.1, -0.05) is 72.4 Å². The van der Waals surface area contributed by atoms with E-state index in [-0.39, 0.29) is 0 Å². The van der Waals surface area contributed by atoms with E-state index >= 15 is 0 Å². The molecular formula is C35H23N3OS. The van der Waals surface area contributed by atoms with Gasteiger partial charge in [0.1, 0.15) is 5.75 Å². The Bertz CT molecular complexity index is 1880. The van der Waals surface area contributed by atoms with Crippen LogP contribution in [0.15, 0.2) is 131 Å². The molecule has 0 fully saturated rings. The predicted octanol–water partition coefficient (Wildman–Crippen LogP) is 9.38. The first-order valence-electron chi connectivity index (χ1n) is 13.0. The Morgan fingerprint density at radius 1 is 0.700 bits per heavy atom. The third-order valence-electron chi connectivity index (χ3n) is 7.20. The van der Waals surface area contributed by atoms with Gasteiger partial charge < -0.3 is 9.64 Å². The van der Waals surface area contributed by atoms with E-state index in [1.165, 1.54) is 9.79 Å². The van der Waals surface area contributed by atoms with Gasteiger partial charge in [0.25, 0.3) is 0 Å². The Hall–Kier alpha value is -5.05. The first-order chi connectivity index (χ1) is 19.7. The van der Waals surface area contributed by atoms with Gasteiger partial charge in [0.15, 0.2) is 0 Å². The van der Waals surface area contributed by atoms with Crippen molar-refractivity contribution in [1.29, 1.82) is 5.26 Å². The zero-order valence-corrected chi connectivity index (χ0v) is 22.5. The van der Waals surface area contributed by atoms with Crippen molar-refractivity contribution >= 4 is 39.7 Å². The SMILES string of the molecule is COc1ccc(-c2cc(-c3ccc(C#N)cc3)nc3c(N4c5ccccc5Sc5ccccc54)cccc23)cc1. The molecule has 0 saturated carbocycles. The van der Waals surface area contributed by atoms with Crippen molar-refractivity contribution in [3.05, 3.63) is 127 Å². The molecule has 0 N–H and O–H groups in total. The fraction of sp³-hybridized carbons (Fsp3) is 0.0286. The number of aromatic nitrogens is 1. The average molecular weight is 534 g/mol. The highest BCUT2D eigenvalue weighted by Crippen LogP contribution is 2.52. The summed E-state index contributed by atoms with van der Waals surface area (Å²) in [5.41, 5.74) is 8.79. The van der Waals surface area contributed by atoms with Crippen LogP contribution < -0.4 is 9.64 Å². The highest BCUT2D eigenvalue weighted by Gasteiger charge is 2.26. The molecule has 5 heteroatoms. The van der Waals surface area contributed by atoms with Crippen LogP contribution in [0.5, 0.6) is 5.75 Å². The van der Waals surface area contributed by atoms with E-state index in [4.69, 9.17) is 9.72 Å². The summed E-state index contributed by atoms with van der Waals surface area (Å²) in [5.74, 6) is 0.814. The lowest BCUT2D eigenvalue weighted by atomic mass is 9.97. The van der Waals surface area contributed by atoms with Crippen LogP contribution in [-0.2, 0) is 0 Å². The second kappa shape index (κ2) is 9.92. The summed E-state index contributed by atoms with van der Waals surface area (Å²) in [4.78, 5) is 10.0. The number of rotatable bonds is 4. The third kappa shape index (κ3) is 4.07. The minimum absolute atomic E-state index is 0.625. The van der Waals surface area contributed by atoms with Crippen LogP contribution in [-0.4, -0.2) is 12.1 Å². The number of pyridine rings is 1. The van der Waals surface area contributed by atoms with Gasteiger partial charge in [-0.25, -0.2) is 4.98 Å². The van der Waals surface area contributed by atoms with Gasteiger partial charge in [-0.15, -0.1) is 0 Å². The molecular weight excluding hydrogens is 510 g/mol. The number of anilines is 3. The molecule has 40 heavy (non-hydrogen) atoms. The van der Waals surface area contributed by atoms with E-state index < -0.39 is 0 Å². The van der Waals surface area contributed by atoms with Gasteiger partial charge in [0.05, 0.1) is 47.0 Å². The zero-order chi connectivity index (χ0) is 27.1. The maximum atomic E-state index is 9.33. The molecule has 190 valence electrons. The molecule has 1 aliphatic heterocycles. The van der Waals surface area contributed by atoms with Crippen molar-refractivity contribution < 1.29 is 4.74 Å². The quantitative estimate of drug-likeness (QED) is 0.226. The Kier molecular flexibility index (Phi) is 5.96. The van der Waals surface area contributed by atoms with Crippen molar-refractivity contribution in [2.24, 2.45) is 0 Å². The Balaban J connectivity index is 1.52. The molecule has 2 heterocycles. The number of methoxy groups -OCH3 is 1. The van der Waals surface area contributed by atoms with Gasteiger partial charge >= 0.3 is 0 Å². The smallest absolute Gasteiger partial charge is 0.118 e. The number of nitriles is 1. The normalized spacial score (nSPS) is 11.9. The molecule has 0 amide bonds. The number of hydrogen-bond acceptors (Lipinski definition) is 5. The molecule has 5 aromatic carbocycles. The van der Waals surface area contributed by atoms with Crippen LogP contribution in [0.2, 0.25) is 0 Å². The van der Waals surface area contributed by atoms with Gasteiger partial charge in [0, 0.05) is 20.7 Å². The van der Waals surface area contributed by atoms with Crippen LogP contribution in [0.4, 0.5) is 17.1 Å². The monoisotopic (exact) mass is 533 g/mol. The Labute approximate surface area is 237 Å². The lowest BCUT2D eigenvalue weighted by Gasteiger charge is -2.33. The number of ether oxygens (including phenoxy) is 1. The summed E-state index contributed by atoms with van der Waals surface area (Å²) < 4.78 is 5.43. The minimum atomic E-state index is 0.625. The first-order valence-corrected chi connectivity index (χ1v) is 13.8. The van der Waals surface area contributed by atoms with E-state index in [9.17, 15) is 5.26 Å². The highest BCUT2D eigenvalue weighted by atomic mass is 32.2. The highest BCUT2D eigenvalue weighted by molar-refractivity contribution is 7.99. The summed E-state index contributed by atoms with van der Waals surface area (Å²) in [6.45, 7) is 0. The fourth-order valence-corrected chi connectivity index (χ4v) is 6.31. The summed E-state index contributed by atoms with van der Waals surface area (Å²) >= 11 is 1.79. The summed E-state index contributed by atoms with van der Waals surface area (Å²) in [7, 11) is 1.68. The molecule has 6 aromatic rings. The van der Waals surface area contributed by atoms with E-state index in [1.807, 2.05) is 36.4 Å². The number of hydrogen-bond donors (Lipinski definition) is 0. The minimum Gasteiger partial charge on any atom is -0.497 e. The van der Waals surface area contributed by atoms with Gasteiger partial charge in [-0.3, -0.25) is 0 Å². The van der Waals surface area contributed by atoms with E-state index in [2.05, 4.69) is 95.9 Å². The second-order valence-electron chi connectivity index (χ2n) is 9.52. The number of nitrogens with zero attached hydrogens (tertiary/aromatic N) is 3. The van der Waals surface area contributed by atoms with Crippen LogP contribution in [0.25, 0.3) is 33.3 Å². The summed E-state index contributed by atoms with van der Waals surface area (Å²) in [6.07, 6.45) is 0. The molecule has 1 aromatic heterocycles. The summed E-state index contributed by atoms with van der Waals surface area (Å²) in [6, 6.07) is 43.6. The van der Waals surface area contributed by atoms with Gasteiger partial charge in [0.2, 0.25) is 0 Å². The van der Waals surface area contributed by atoms with Gasteiger partial charge in [-0.05, 0) is 71.8 Å². The maximum absolute atomic E-state index is 9.33. The van der Waals surface area contributed by atoms with E-state index in [0.29, 0.717) is 5.56 Å². The van der Waals surface area contributed by atoms with Crippen LogP contribution >= 0.6 is 11.8 Å². The Morgan fingerprint density at radius 3 is 1.98 bits per heavy atom. The lowest BCUT2D eigenvalue weighted by molar-refractivity contribution is 0.415. The van der Waals surface area contributed by atoms with Gasteiger partial charge in [-0.2, -0.15) is 5.26 Å². The topological polar surface area (TPSA) is 49.1 Å². The Morgan fingerprint density at radius 2 is 1.32 bits per heavy atom. The van der Waals surface area contributed by atoms with Crippen LogP contribution in [0, 0.1) is 11.3 Å². The van der Waals surface area contributed by atoms with Crippen molar-refractivity contribution in [3.63, 3.8) is 0 Å². The molecule has 0 saturated heterocycles. The molecule has 7 rings (SSSR count). The van der Waals surface area contributed by atoms with Crippen molar-refractivity contribution in [3.8, 4) is 34.2 Å². The molecule has 4 nitrogen and oxygen atoms in total. The van der Waals surface area contributed by atoms with E-state index in [1.54, 1.807) is 18.9 Å². The third-order valence-corrected chi connectivity index (χ3v) is 8.33. The molecule has 0 atom stereocenters. The lowest BCUT2D eigenvalue weighted by Crippen LogP contribution is -2.15. The van der Waals surface area contributed by atoms with Crippen molar-refractivity contribution in [2.75, 3.05) is 12.0 Å². The maximum Gasteiger partial charge on any atom is 0.118 e. The summed E-state index contributed by atoms with van der Waals surface area (Å²) in [5, 5.41) is 10.4. The first kappa shape index (κ1) is 24.0. The zero-order valence-electron chi connectivity index (χ0n) is 21.7. The molecule has 0 unspecified atom stereocenters. The standard InChI is InChI=1S/C35H23N3OS/c1-39-26-19-17-24(18-20-26)28-21-29(25-15-13-23(22-36)14-16-25)37-35-27(28)7-6-10-32(35)38-30-8-2-4-11-33(30)40-34-12-5-3-9-31(34)38/h2-21H,1H3. The molecule has 0 aliphatic carbocycles. The number of fused-ring (bicyclic) bond motifs is 3. The van der Waals surface area contributed by atoms with Crippen molar-refractivity contribution in [2.45, 2.75) is 9.79 Å². The second-order valence-corrected chi connectivity index (χ2v) is 10.6. The number of para-hydroxylation sites is 3. The molecule has 0 radical (unpaired) electrons. The average Bonchev–Trinajstić information content (AvgIpc) is 3.03. The van der Waals surface area contributed by atoms with Crippen LogP contribution in [0.3, 0.4) is 0 Å². The van der Waals surface area contributed by atoms with E-state index in [0.717, 1.165) is 56.1 Å². The molecule has 0 bridgehead atoms. The predicted molar refractivity (Wildman–Crippen MR) is 163 cm³/mol. The van der Waals surface area contributed by atoms with Crippen LogP contribution in [0.1, 0.15) is 5.56 Å².